The molecule has 26 heavy (non-hydrogen) atoms. The first kappa shape index (κ1) is 18.6. The molecule has 1 aliphatic carbocycles. The standard InChI is InChI=1S/C19H19N3O2S.ClH/c1-2-24-19(23)16-13-8-4-6-10-15(13)25-18(16)22-17-12-7-3-5-9-14(12)20-11-21-17;/h3,5,7,9,11H,2,4,6,8,10H2,1H3,(H,20,21,22);1H. The van der Waals surface area contributed by atoms with Gasteiger partial charge in [0.1, 0.15) is 17.1 Å². The first-order valence-corrected chi connectivity index (χ1v) is 9.38. The fraction of sp³-hybridized carbons (Fsp3) is 0.316. The second-order valence-corrected chi connectivity index (χ2v) is 7.11. The molecule has 0 radical (unpaired) electrons. The summed E-state index contributed by atoms with van der Waals surface area (Å²) in [6.07, 6.45) is 5.80. The Morgan fingerprint density at radius 3 is 2.88 bits per heavy atom. The van der Waals surface area contributed by atoms with Crippen LogP contribution in [0.3, 0.4) is 0 Å². The second kappa shape index (κ2) is 8.01. The molecule has 0 fully saturated rings. The fourth-order valence-corrected chi connectivity index (χ4v) is 4.56. The highest BCUT2D eigenvalue weighted by molar-refractivity contribution is 7.16. The Labute approximate surface area is 162 Å². The maximum atomic E-state index is 12.6. The van der Waals surface area contributed by atoms with Crippen molar-refractivity contribution in [3.05, 3.63) is 46.6 Å². The molecule has 0 saturated carbocycles. The topological polar surface area (TPSA) is 64.1 Å². The van der Waals surface area contributed by atoms with Crippen LogP contribution in [0.25, 0.3) is 10.9 Å². The minimum absolute atomic E-state index is 0. The van der Waals surface area contributed by atoms with Gasteiger partial charge in [-0.25, -0.2) is 14.8 Å². The Hall–Kier alpha value is -2.18. The maximum Gasteiger partial charge on any atom is 0.341 e. The zero-order chi connectivity index (χ0) is 17.2. The lowest BCUT2D eigenvalue weighted by molar-refractivity contribution is 0.0526. The molecule has 0 bridgehead atoms. The van der Waals surface area contributed by atoms with E-state index >= 15 is 0 Å². The number of ether oxygens (including phenoxy) is 1. The molecular formula is C19H20ClN3O2S. The van der Waals surface area contributed by atoms with Gasteiger partial charge in [0.2, 0.25) is 0 Å². The zero-order valence-electron chi connectivity index (χ0n) is 14.4. The van der Waals surface area contributed by atoms with Crippen molar-refractivity contribution in [3.63, 3.8) is 0 Å². The number of nitrogens with zero attached hydrogens (tertiary/aromatic N) is 2. The van der Waals surface area contributed by atoms with Gasteiger partial charge in [-0.3, -0.25) is 0 Å². The third-order valence-electron chi connectivity index (χ3n) is 4.43. The van der Waals surface area contributed by atoms with Crippen LogP contribution in [0.4, 0.5) is 10.8 Å². The smallest absolute Gasteiger partial charge is 0.341 e. The van der Waals surface area contributed by atoms with Gasteiger partial charge >= 0.3 is 5.97 Å². The van der Waals surface area contributed by atoms with Crippen LogP contribution in [-0.2, 0) is 17.6 Å². The highest BCUT2D eigenvalue weighted by atomic mass is 35.5. The van der Waals surface area contributed by atoms with E-state index in [9.17, 15) is 4.79 Å². The predicted molar refractivity (Wildman–Crippen MR) is 107 cm³/mol. The minimum Gasteiger partial charge on any atom is -0.462 e. The molecule has 0 atom stereocenters. The maximum absolute atomic E-state index is 12.6. The molecule has 1 aliphatic rings. The lowest BCUT2D eigenvalue weighted by atomic mass is 9.95. The Morgan fingerprint density at radius 1 is 1.23 bits per heavy atom. The van der Waals surface area contributed by atoms with Gasteiger partial charge in [0.05, 0.1) is 17.7 Å². The number of rotatable bonds is 4. The number of anilines is 2. The van der Waals surface area contributed by atoms with Gasteiger partial charge in [-0.05, 0) is 50.3 Å². The Bertz CT molecular complexity index is 936. The SMILES string of the molecule is CCOC(=O)c1c(Nc2ncnc3ccccc23)sc2c1CCCC2.Cl. The second-order valence-electron chi connectivity index (χ2n) is 6.00. The van der Waals surface area contributed by atoms with Crippen molar-refractivity contribution in [2.24, 2.45) is 0 Å². The summed E-state index contributed by atoms with van der Waals surface area (Å²) in [4.78, 5) is 22.5. The van der Waals surface area contributed by atoms with Crippen molar-refractivity contribution in [2.75, 3.05) is 11.9 Å². The number of halogens is 1. The molecule has 0 saturated heterocycles. The third-order valence-corrected chi connectivity index (χ3v) is 5.63. The number of hydrogen-bond donors (Lipinski definition) is 1. The predicted octanol–water partition coefficient (Wildman–Crippen LogP) is 4.91. The molecule has 0 spiro atoms. The molecule has 0 aliphatic heterocycles. The van der Waals surface area contributed by atoms with Gasteiger partial charge in [0, 0.05) is 10.3 Å². The molecule has 3 aromatic rings. The number of fused-ring (bicyclic) bond motifs is 2. The van der Waals surface area contributed by atoms with E-state index in [1.54, 1.807) is 17.7 Å². The molecular weight excluding hydrogens is 370 g/mol. The highest BCUT2D eigenvalue weighted by Crippen LogP contribution is 2.40. The number of thiophene rings is 1. The third kappa shape index (κ3) is 3.39. The van der Waals surface area contributed by atoms with Crippen molar-refractivity contribution in [3.8, 4) is 0 Å². The van der Waals surface area contributed by atoms with E-state index in [0.717, 1.165) is 46.5 Å². The lowest BCUT2D eigenvalue weighted by Gasteiger charge is -2.12. The molecule has 1 aromatic carbocycles. The van der Waals surface area contributed by atoms with Crippen LogP contribution >= 0.6 is 23.7 Å². The van der Waals surface area contributed by atoms with Crippen LogP contribution in [-0.4, -0.2) is 22.5 Å². The molecule has 5 nitrogen and oxygen atoms in total. The van der Waals surface area contributed by atoms with Crippen LogP contribution in [0.5, 0.6) is 0 Å². The highest BCUT2D eigenvalue weighted by Gasteiger charge is 2.26. The number of carbonyl (C=O) groups excluding carboxylic acids is 1. The van der Waals surface area contributed by atoms with E-state index < -0.39 is 0 Å². The molecule has 0 amide bonds. The monoisotopic (exact) mass is 389 g/mol. The Balaban J connectivity index is 0.00000196. The number of aromatic nitrogens is 2. The van der Waals surface area contributed by atoms with E-state index in [4.69, 9.17) is 4.74 Å². The van der Waals surface area contributed by atoms with E-state index in [0.29, 0.717) is 12.2 Å². The van der Waals surface area contributed by atoms with Crippen LogP contribution in [0, 0.1) is 0 Å². The zero-order valence-corrected chi connectivity index (χ0v) is 16.1. The molecule has 2 aromatic heterocycles. The van der Waals surface area contributed by atoms with Gasteiger partial charge < -0.3 is 10.1 Å². The number of benzene rings is 1. The van der Waals surface area contributed by atoms with Gasteiger partial charge in [0.15, 0.2) is 0 Å². The van der Waals surface area contributed by atoms with E-state index in [1.807, 2.05) is 31.2 Å². The van der Waals surface area contributed by atoms with Crippen molar-refractivity contribution < 1.29 is 9.53 Å². The first-order valence-electron chi connectivity index (χ1n) is 8.56. The van der Waals surface area contributed by atoms with Crippen molar-refractivity contribution in [2.45, 2.75) is 32.6 Å². The van der Waals surface area contributed by atoms with Gasteiger partial charge in [-0.1, -0.05) is 12.1 Å². The number of para-hydroxylation sites is 1. The normalized spacial score (nSPS) is 13.0. The first-order chi connectivity index (χ1) is 12.3. The summed E-state index contributed by atoms with van der Waals surface area (Å²) in [5.74, 6) is 0.470. The van der Waals surface area contributed by atoms with Gasteiger partial charge in [0.25, 0.3) is 0 Å². The fourth-order valence-electron chi connectivity index (χ4n) is 3.29. The Kier molecular flexibility index (Phi) is 5.74. The molecule has 136 valence electrons. The Morgan fingerprint density at radius 2 is 2.04 bits per heavy atom. The summed E-state index contributed by atoms with van der Waals surface area (Å²) in [7, 11) is 0. The quantitative estimate of drug-likeness (QED) is 0.642. The summed E-state index contributed by atoms with van der Waals surface area (Å²) in [5.41, 5.74) is 2.71. The molecule has 2 heterocycles. The van der Waals surface area contributed by atoms with Crippen LogP contribution in [0.15, 0.2) is 30.6 Å². The van der Waals surface area contributed by atoms with E-state index in [-0.39, 0.29) is 18.4 Å². The van der Waals surface area contributed by atoms with Crippen LogP contribution in [0.2, 0.25) is 0 Å². The minimum atomic E-state index is -0.247. The van der Waals surface area contributed by atoms with Gasteiger partial charge in [-0.15, -0.1) is 23.7 Å². The average molecular weight is 390 g/mol. The summed E-state index contributed by atoms with van der Waals surface area (Å²) in [6.45, 7) is 2.21. The largest absolute Gasteiger partial charge is 0.462 e. The van der Waals surface area contributed by atoms with E-state index in [2.05, 4.69) is 15.3 Å². The van der Waals surface area contributed by atoms with Crippen LogP contribution in [0.1, 0.15) is 40.6 Å². The summed E-state index contributed by atoms with van der Waals surface area (Å²) in [5, 5.41) is 5.14. The molecule has 4 rings (SSSR count). The summed E-state index contributed by atoms with van der Waals surface area (Å²) in [6, 6.07) is 7.85. The van der Waals surface area contributed by atoms with Crippen molar-refractivity contribution in [1.82, 2.24) is 9.97 Å². The van der Waals surface area contributed by atoms with Crippen molar-refractivity contribution >= 4 is 51.4 Å². The summed E-state index contributed by atoms with van der Waals surface area (Å²) < 4.78 is 5.31. The van der Waals surface area contributed by atoms with Gasteiger partial charge in [-0.2, -0.15) is 0 Å². The molecule has 1 N–H and O–H groups in total. The lowest BCUT2D eigenvalue weighted by Crippen LogP contribution is -2.11. The molecule has 0 unspecified atom stereocenters. The number of hydrogen-bond acceptors (Lipinski definition) is 6. The van der Waals surface area contributed by atoms with Crippen LogP contribution < -0.4 is 5.32 Å². The number of aryl methyl sites for hydroxylation is 1. The summed E-state index contributed by atoms with van der Waals surface area (Å²) >= 11 is 1.65. The molecule has 7 heteroatoms. The average Bonchev–Trinajstić information content (AvgIpc) is 3.00. The van der Waals surface area contributed by atoms with E-state index in [1.165, 1.54) is 11.3 Å². The van der Waals surface area contributed by atoms with Crippen molar-refractivity contribution in [1.29, 1.82) is 0 Å². The number of esters is 1. The number of carbonyl (C=O) groups is 1. The number of nitrogens with one attached hydrogen (secondary N) is 1.